The molecule has 1 aromatic heterocycles. The minimum Gasteiger partial charge on any atom is -0.297 e. The highest BCUT2D eigenvalue weighted by molar-refractivity contribution is 6.30. The summed E-state index contributed by atoms with van der Waals surface area (Å²) in [6, 6.07) is 0.0281. The van der Waals surface area contributed by atoms with Gasteiger partial charge in [0.25, 0.3) is 5.56 Å². The van der Waals surface area contributed by atoms with Crippen LogP contribution in [0.25, 0.3) is 0 Å². The molecule has 0 unspecified atom stereocenters. The van der Waals surface area contributed by atoms with Crippen molar-refractivity contribution in [1.82, 2.24) is 9.55 Å². The van der Waals surface area contributed by atoms with Gasteiger partial charge in [0.15, 0.2) is 0 Å². The molecular formula is C14H21ClN2O2. The summed E-state index contributed by atoms with van der Waals surface area (Å²) in [4.78, 5) is 26.7. The van der Waals surface area contributed by atoms with Crippen LogP contribution in [0.3, 0.4) is 0 Å². The van der Waals surface area contributed by atoms with E-state index in [1.54, 1.807) is 6.92 Å². The first-order valence-corrected chi connectivity index (χ1v) is 7.43. The van der Waals surface area contributed by atoms with Crippen LogP contribution in [0.1, 0.15) is 57.1 Å². The second kappa shape index (κ2) is 5.95. The minimum absolute atomic E-state index is 0.0281. The highest BCUT2D eigenvalue weighted by Gasteiger charge is 2.24. The van der Waals surface area contributed by atoms with Crippen molar-refractivity contribution in [2.75, 3.05) is 0 Å². The lowest BCUT2D eigenvalue weighted by molar-refractivity contribution is 0.254. The van der Waals surface area contributed by atoms with Crippen LogP contribution in [0.4, 0.5) is 0 Å². The third kappa shape index (κ3) is 2.94. The molecule has 1 heterocycles. The average Bonchev–Trinajstić information content (AvgIpc) is 2.38. The number of aromatic nitrogens is 2. The predicted octanol–water partition coefficient (Wildman–Crippen LogP) is 3.03. The molecular weight excluding hydrogens is 264 g/mol. The number of nitrogens with one attached hydrogen (secondary N) is 1. The summed E-state index contributed by atoms with van der Waals surface area (Å²) in [5, 5.41) is 0.158. The van der Waals surface area contributed by atoms with Gasteiger partial charge in [-0.1, -0.05) is 31.4 Å². The molecule has 1 saturated carbocycles. The molecule has 4 nitrogen and oxygen atoms in total. The molecule has 2 rings (SSSR count). The van der Waals surface area contributed by atoms with E-state index in [1.807, 2.05) is 0 Å². The molecule has 0 bridgehead atoms. The molecule has 106 valence electrons. The van der Waals surface area contributed by atoms with Gasteiger partial charge in [-0.2, -0.15) is 0 Å². The summed E-state index contributed by atoms with van der Waals surface area (Å²) < 4.78 is 1.36. The molecule has 19 heavy (non-hydrogen) atoms. The Hall–Kier alpha value is -1.03. The van der Waals surface area contributed by atoms with Crippen LogP contribution >= 0.6 is 11.6 Å². The van der Waals surface area contributed by atoms with Gasteiger partial charge in [0.1, 0.15) is 5.15 Å². The second-order valence-electron chi connectivity index (χ2n) is 5.51. The van der Waals surface area contributed by atoms with Gasteiger partial charge in [-0.05, 0) is 38.5 Å². The molecule has 0 aromatic carbocycles. The van der Waals surface area contributed by atoms with E-state index in [4.69, 9.17) is 11.6 Å². The number of rotatable bonds is 3. The third-order valence-corrected chi connectivity index (χ3v) is 4.56. The Balaban J connectivity index is 2.23. The van der Waals surface area contributed by atoms with E-state index in [-0.39, 0.29) is 22.4 Å². The maximum absolute atomic E-state index is 12.2. The zero-order chi connectivity index (χ0) is 14.0. The van der Waals surface area contributed by atoms with E-state index >= 15 is 0 Å². The summed E-state index contributed by atoms with van der Waals surface area (Å²) in [5.41, 5.74) is -0.191. The lowest BCUT2D eigenvalue weighted by Crippen LogP contribution is -2.40. The summed E-state index contributed by atoms with van der Waals surface area (Å²) in [6.07, 6.45) is 6.48. The van der Waals surface area contributed by atoms with Gasteiger partial charge in [0, 0.05) is 11.6 Å². The molecule has 0 saturated heterocycles. The Morgan fingerprint density at radius 1 is 1.26 bits per heavy atom. The van der Waals surface area contributed by atoms with Crippen molar-refractivity contribution < 1.29 is 0 Å². The molecule has 0 radical (unpaired) electrons. The molecule has 1 aliphatic rings. The molecule has 5 heteroatoms. The second-order valence-corrected chi connectivity index (χ2v) is 5.89. The number of hydrogen-bond donors (Lipinski definition) is 1. The van der Waals surface area contributed by atoms with Crippen LogP contribution in [0.2, 0.25) is 5.15 Å². The third-order valence-electron chi connectivity index (χ3n) is 4.18. The highest BCUT2D eigenvalue weighted by Crippen LogP contribution is 2.33. The van der Waals surface area contributed by atoms with Gasteiger partial charge in [0.05, 0.1) is 0 Å². The Morgan fingerprint density at radius 3 is 2.47 bits per heavy atom. The molecule has 0 aliphatic heterocycles. The van der Waals surface area contributed by atoms with Crippen molar-refractivity contribution in [2.45, 2.75) is 58.4 Å². The first kappa shape index (κ1) is 14.4. The van der Waals surface area contributed by atoms with Crippen molar-refractivity contribution in [3.63, 3.8) is 0 Å². The van der Waals surface area contributed by atoms with E-state index in [9.17, 15) is 9.59 Å². The van der Waals surface area contributed by atoms with E-state index in [0.29, 0.717) is 5.56 Å². The number of hydrogen-bond acceptors (Lipinski definition) is 2. The van der Waals surface area contributed by atoms with Crippen molar-refractivity contribution >= 4 is 11.6 Å². The fourth-order valence-electron chi connectivity index (χ4n) is 3.05. The van der Waals surface area contributed by atoms with E-state index in [2.05, 4.69) is 11.9 Å². The van der Waals surface area contributed by atoms with Gasteiger partial charge in [-0.15, -0.1) is 0 Å². The quantitative estimate of drug-likeness (QED) is 0.868. The SMILES string of the molecule is CCCC1CCC(n2c(=O)[nH]c(Cl)c(C)c2=O)CC1. The van der Waals surface area contributed by atoms with Gasteiger partial charge in [0.2, 0.25) is 0 Å². The van der Waals surface area contributed by atoms with Crippen LogP contribution in [0, 0.1) is 12.8 Å². The smallest absolute Gasteiger partial charge is 0.297 e. The Labute approximate surface area is 117 Å². The molecule has 1 fully saturated rings. The van der Waals surface area contributed by atoms with Crippen LogP contribution in [0.15, 0.2) is 9.59 Å². The molecule has 0 atom stereocenters. The van der Waals surface area contributed by atoms with Gasteiger partial charge >= 0.3 is 5.69 Å². The Kier molecular flexibility index (Phi) is 4.50. The molecule has 1 N–H and O–H groups in total. The average molecular weight is 285 g/mol. The summed E-state index contributed by atoms with van der Waals surface area (Å²) >= 11 is 5.83. The van der Waals surface area contributed by atoms with Gasteiger partial charge < -0.3 is 0 Å². The fraction of sp³-hybridized carbons (Fsp3) is 0.714. The fourth-order valence-corrected chi connectivity index (χ4v) is 3.21. The number of nitrogens with zero attached hydrogens (tertiary/aromatic N) is 1. The van der Waals surface area contributed by atoms with Crippen LogP contribution < -0.4 is 11.2 Å². The number of aromatic amines is 1. The molecule has 1 aromatic rings. The predicted molar refractivity (Wildman–Crippen MR) is 77.0 cm³/mol. The first-order chi connectivity index (χ1) is 9.04. The zero-order valence-corrected chi connectivity index (χ0v) is 12.3. The summed E-state index contributed by atoms with van der Waals surface area (Å²) in [7, 11) is 0. The van der Waals surface area contributed by atoms with Crippen LogP contribution in [-0.2, 0) is 0 Å². The van der Waals surface area contributed by atoms with E-state index in [1.165, 1.54) is 17.4 Å². The van der Waals surface area contributed by atoms with Crippen molar-refractivity contribution in [1.29, 1.82) is 0 Å². The largest absolute Gasteiger partial charge is 0.329 e. The molecule has 1 aliphatic carbocycles. The Morgan fingerprint density at radius 2 is 1.89 bits per heavy atom. The normalized spacial score (nSPS) is 23.5. The lowest BCUT2D eigenvalue weighted by Gasteiger charge is -2.29. The lowest BCUT2D eigenvalue weighted by atomic mass is 9.83. The number of H-pyrrole nitrogens is 1. The maximum atomic E-state index is 12.2. The van der Waals surface area contributed by atoms with Gasteiger partial charge in [-0.3, -0.25) is 14.3 Å². The van der Waals surface area contributed by atoms with E-state index in [0.717, 1.165) is 31.6 Å². The Bertz CT molecular complexity index is 554. The van der Waals surface area contributed by atoms with Crippen molar-refractivity contribution in [3.05, 3.63) is 31.6 Å². The molecule has 0 amide bonds. The van der Waals surface area contributed by atoms with E-state index < -0.39 is 0 Å². The monoisotopic (exact) mass is 284 g/mol. The highest BCUT2D eigenvalue weighted by atomic mass is 35.5. The first-order valence-electron chi connectivity index (χ1n) is 7.05. The van der Waals surface area contributed by atoms with Gasteiger partial charge in [-0.25, -0.2) is 4.79 Å². The maximum Gasteiger partial charge on any atom is 0.329 e. The van der Waals surface area contributed by atoms with Crippen LogP contribution in [-0.4, -0.2) is 9.55 Å². The molecule has 0 spiro atoms. The topological polar surface area (TPSA) is 54.9 Å². The number of halogens is 1. The van der Waals surface area contributed by atoms with Crippen molar-refractivity contribution in [2.24, 2.45) is 5.92 Å². The summed E-state index contributed by atoms with van der Waals surface area (Å²) in [5.74, 6) is 0.754. The van der Waals surface area contributed by atoms with Crippen molar-refractivity contribution in [3.8, 4) is 0 Å². The summed E-state index contributed by atoms with van der Waals surface area (Å²) in [6.45, 7) is 3.85. The standard InChI is InChI=1S/C14H21ClN2O2/c1-3-4-10-5-7-11(8-6-10)17-13(18)9(2)12(15)16-14(17)19/h10-11H,3-8H2,1-2H3,(H,16,19). The zero-order valence-electron chi connectivity index (χ0n) is 11.5. The minimum atomic E-state index is -0.375. The van der Waals surface area contributed by atoms with Crippen LogP contribution in [0.5, 0.6) is 0 Å².